The van der Waals surface area contributed by atoms with Gasteiger partial charge in [-0.2, -0.15) is 0 Å². The zero-order chi connectivity index (χ0) is 16.4. The van der Waals surface area contributed by atoms with Crippen LogP contribution in [-0.2, 0) is 4.79 Å². The van der Waals surface area contributed by atoms with Crippen molar-refractivity contribution < 1.29 is 4.79 Å². The number of hydrogen-bond donors (Lipinski definition) is 1. The number of primary amides is 1. The SMILES string of the molecule is Cc1ncsc1-c1ccc(C(C)N2CCCC[C@H]2C(N)=O)cc1.Cl. The number of carbonyl (C=O) groups is 1. The van der Waals surface area contributed by atoms with Crippen molar-refractivity contribution in [3.63, 3.8) is 0 Å². The van der Waals surface area contributed by atoms with Crippen LogP contribution in [0.15, 0.2) is 29.8 Å². The van der Waals surface area contributed by atoms with Crippen molar-refractivity contribution in [3.8, 4) is 10.4 Å². The maximum atomic E-state index is 11.7. The minimum atomic E-state index is -0.201. The summed E-state index contributed by atoms with van der Waals surface area (Å²) in [5, 5.41) is 0. The number of nitrogens with zero attached hydrogens (tertiary/aromatic N) is 2. The summed E-state index contributed by atoms with van der Waals surface area (Å²) in [5.41, 5.74) is 11.0. The van der Waals surface area contributed by atoms with Crippen LogP contribution in [0.25, 0.3) is 10.4 Å². The van der Waals surface area contributed by atoms with Gasteiger partial charge in [-0.15, -0.1) is 23.7 Å². The fraction of sp³-hybridized carbons (Fsp3) is 0.444. The van der Waals surface area contributed by atoms with E-state index in [0.29, 0.717) is 0 Å². The van der Waals surface area contributed by atoms with Gasteiger partial charge in [0.15, 0.2) is 0 Å². The molecule has 6 heteroatoms. The molecule has 1 amide bonds. The van der Waals surface area contributed by atoms with Crippen LogP contribution < -0.4 is 5.73 Å². The van der Waals surface area contributed by atoms with Gasteiger partial charge in [-0.25, -0.2) is 4.98 Å². The Balaban J connectivity index is 0.00000208. The van der Waals surface area contributed by atoms with Crippen molar-refractivity contribution in [2.75, 3.05) is 6.54 Å². The van der Waals surface area contributed by atoms with Crippen molar-refractivity contribution in [2.45, 2.75) is 45.2 Å². The topological polar surface area (TPSA) is 59.2 Å². The summed E-state index contributed by atoms with van der Waals surface area (Å²) in [4.78, 5) is 19.5. The van der Waals surface area contributed by atoms with E-state index >= 15 is 0 Å². The number of halogens is 1. The molecule has 2 heterocycles. The first-order valence-electron chi connectivity index (χ1n) is 8.13. The van der Waals surface area contributed by atoms with E-state index in [4.69, 9.17) is 5.73 Å². The van der Waals surface area contributed by atoms with Gasteiger partial charge in [0.1, 0.15) is 0 Å². The first-order chi connectivity index (χ1) is 11.1. The number of benzene rings is 1. The Hall–Kier alpha value is -1.43. The summed E-state index contributed by atoms with van der Waals surface area (Å²) in [6.45, 7) is 5.13. The largest absolute Gasteiger partial charge is 0.368 e. The summed E-state index contributed by atoms with van der Waals surface area (Å²) in [7, 11) is 0. The molecular formula is C18H24ClN3OS. The van der Waals surface area contributed by atoms with Crippen molar-refractivity contribution >= 4 is 29.7 Å². The third kappa shape index (κ3) is 3.79. The van der Waals surface area contributed by atoms with Gasteiger partial charge in [-0.3, -0.25) is 9.69 Å². The van der Waals surface area contributed by atoms with Gasteiger partial charge in [0, 0.05) is 6.04 Å². The lowest BCUT2D eigenvalue weighted by Gasteiger charge is -2.38. The molecular weight excluding hydrogens is 342 g/mol. The molecule has 1 fully saturated rings. The summed E-state index contributed by atoms with van der Waals surface area (Å²) in [6, 6.07) is 8.68. The Bertz CT molecular complexity index is 686. The molecule has 1 unspecified atom stereocenters. The third-order valence-corrected chi connectivity index (χ3v) is 5.75. The molecule has 1 aliphatic rings. The molecule has 24 heavy (non-hydrogen) atoms. The van der Waals surface area contributed by atoms with Crippen LogP contribution in [0, 0.1) is 6.92 Å². The van der Waals surface area contributed by atoms with Gasteiger partial charge in [-0.1, -0.05) is 30.7 Å². The number of carbonyl (C=O) groups excluding carboxylic acids is 1. The lowest BCUT2D eigenvalue weighted by atomic mass is 9.96. The molecule has 0 aliphatic carbocycles. The Morgan fingerprint density at radius 1 is 1.33 bits per heavy atom. The van der Waals surface area contributed by atoms with Crippen LogP contribution >= 0.6 is 23.7 Å². The van der Waals surface area contributed by atoms with Crippen molar-refractivity contribution in [1.29, 1.82) is 0 Å². The number of amides is 1. The van der Waals surface area contributed by atoms with E-state index in [1.165, 1.54) is 16.0 Å². The molecule has 4 nitrogen and oxygen atoms in total. The smallest absolute Gasteiger partial charge is 0.234 e. The summed E-state index contributed by atoms with van der Waals surface area (Å²) >= 11 is 1.67. The van der Waals surface area contributed by atoms with Crippen LogP contribution in [-0.4, -0.2) is 28.4 Å². The maximum Gasteiger partial charge on any atom is 0.234 e. The molecule has 3 rings (SSSR count). The molecule has 0 bridgehead atoms. The molecule has 1 aromatic carbocycles. The molecule has 1 saturated heterocycles. The average molecular weight is 366 g/mol. The maximum absolute atomic E-state index is 11.7. The first kappa shape index (κ1) is 18.9. The Morgan fingerprint density at radius 3 is 2.62 bits per heavy atom. The predicted octanol–water partition coefficient (Wildman–Crippen LogP) is 3.94. The minimum Gasteiger partial charge on any atom is -0.368 e. The highest BCUT2D eigenvalue weighted by Crippen LogP contribution is 2.31. The van der Waals surface area contributed by atoms with Crippen LogP contribution in [0.1, 0.15) is 43.5 Å². The number of piperidine rings is 1. The zero-order valence-electron chi connectivity index (χ0n) is 14.1. The van der Waals surface area contributed by atoms with Gasteiger partial charge in [-0.05, 0) is 44.4 Å². The van der Waals surface area contributed by atoms with E-state index in [1.807, 2.05) is 12.4 Å². The highest BCUT2D eigenvalue weighted by molar-refractivity contribution is 7.13. The van der Waals surface area contributed by atoms with Crippen LogP contribution in [0.3, 0.4) is 0 Å². The number of aryl methyl sites for hydroxylation is 1. The second kappa shape index (κ2) is 8.10. The van der Waals surface area contributed by atoms with Gasteiger partial charge >= 0.3 is 0 Å². The van der Waals surface area contributed by atoms with E-state index in [9.17, 15) is 4.79 Å². The molecule has 0 radical (unpaired) electrons. The fourth-order valence-electron chi connectivity index (χ4n) is 3.41. The van der Waals surface area contributed by atoms with Gasteiger partial charge in [0.25, 0.3) is 0 Å². The normalized spacial score (nSPS) is 19.5. The summed E-state index contributed by atoms with van der Waals surface area (Å²) < 4.78 is 0. The monoisotopic (exact) mass is 365 g/mol. The molecule has 2 aromatic rings. The Labute approximate surface area is 153 Å². The summed E-state index contributed by atoms with van der Waals surface area (Å²) in [6.07, 6.45) is 3.09. The standard InChI is InChI=1S/C18H23N3OS.ClH/c1-12-17(23-11-20-12)15-8-6-14(7-9-15)13(2)21-10-4-3-5-16(21)18(19)22;/h6-9,11,13,16H,3-5,10H2,1-2H3,(H2,19,22);1H/t13?,16-;/m0./s1. The highest BCUT2D eigenvalue weighted by Gasteiger charge is 2.30. The lowest BCUT2D eigenvalue weighted by molar-refractivity contribution is -0.125. The molecule has 2 atom stereocenters. The first-order valence-corrected chi connectivity index (χ1v) is 9.01. The number of hydrogen-bond acceptors (Lipinski definition) is 4. The molecule has 130 valence electrons. The number of thiazole rings is 1. The molecule has 2 N–H and O–H groups in total. The number of aromatic nitrogens is 1. The van der Waals surface area contributed by atoms with E-state index in [2.05, 4.69) is 41.1 Å². The van der Waals surface area contributed by atoms with Gasteiger partial charge < -0.3 is 5.73 Å². The Kier molecular flexibility index (Phi) is 6.38. The van der Waals surface area contributed by atoms with Crippen LogP contribution in [0.4, 0.5) is 0 Å². The Morgan fingerprint density at radius 2 is 2.04 bits per heavy atom. The highest BCUT2D eigenvalue weighted by atomic mass is 35.5. The summed E-state index contributed by atoms with van der Waals surface area (Å²) in [5.74, 6) is -0.201. The molecule has 0 spiro atoms. The number of rotatable bonds is 4. The second-order valence-corrected chi connectivity index (χ2v) is 7.07. The molecule has 0 saturated carbocycles. The fourth-order valence-corrected chi connectivity index (χ4v) is 4.22. The molecule has 1 aliphatic heterocycles. The van der Waals surface area contributed by atoms with E-state index in [0.717, 1.165) is 31.5 Å². The van der Waals surface area contributed by atoms with Crippen molar-refractivity contribution in [2.24, 2.45) is 5.73 Å². The predicted molar refractivity (Wildman–Crippen MR) is 101 cm³/mol. The number of nitrogens with two attached hydrogens (primary N) is 1. The minimum absolute atomic E-state index is 0. The van der Waals surface area contributed by atoms with Crippen molar-refractivity contribution in [1.82, 2.24) is 9.88 Å². The van der Waals surface area contributed by atoms with Crippen LogP contribution in [0.2, 0.25) is 0 Å². The van der Waals surface area contributed by atoms with E-state index in [1.54, 1.807) is 11.3 Å². The second-order valence-electron chi connectivity index (χ2n) is 6.22. The van der Waals surface area contributed by atoms with Crippen LogP contribution in [0.5, 0.6) is 0 Å². The third-order valence-electron chi connectivity index (χ3n) is 4.77. The van der Waals surface area contributed by atoms with E-state index in [-0.39, 0.29) is 30.4 Å². The zero-order valence-corrected chi connectivity index (χ0v) is 15.7. The van der Waals surface area contributed by atoms with Crippen molar-refractivity contribution in [3.05, 3.63) is 41.0 Å². The average Bonchev–Trinajstić information content (AvgIpc) is 3.00. The lowest BCUT2D eigenvalue weighted by Crippen LogP contribution is -2.48. The van der Waals surface area contributed by atoms with E-state index < -0.39 is 0 Å². The molecule has 1 aromatic heterocycles. The number of likely N-dealkylation sites (tertiary alicyclic amines) is 1. The van der Waals surface area contributed by atoms with Gasteiger partial charge in [0.05, 0.1) is 22.1 Å². The quantitative estimate of drug-likeness (QED) is 0.892. The van der Waals surface area contributed by atoms with Gasteiger partial charge in [0.2, 0.25) is 5.91 Å².